The molecule has 0 spiro atoms. The van der Waals surface area contributed by atoms with Gasteiger partial charge in [0, 0.05) is 19.4 Å². The minimum Gasteiger partial charge on any atom is -0.381 e. The molecule has 1 atom stereocenters. The second-order valence-corrected chi connectivity index (χ2v) is 4.30. The fourth-order valence-corrected chi connectivity index (χ4v) is 1.83. The second-order valence-electron chi connectivity index (χ2n) is 4.30. The molecule has 0 amide bonds. The number of pyridine rings is 1. The van der Waals surface area contributed by atoms with Gasteiger partial charge in [-0.05, 0) is 38.4 Å². The molecule has 1 N–H and O–H groups in total. The van der Waals surface area contributed by atoms with Crippen LogP contribution >= 0.6 is 0 Å². The topological polar surface area (TPSA) is 34.1 Å². The Morgan fingerprint density at radius 1 is 1.41 bits per heavy atom. The van der Waals surface area contributed by atoms with Gasteiger partial charge in [-0.1, -0.05) is 19.4 Å². The summed E-state index contributed by atoms with van der Waals surface area (Å²) in [7, 11) is 1.98. The first kappa shape index (κ1) is 14.1. The van der Waals surface area contributed by atoms with Crippen molar-refractivity contribution in [1.29, 1.82) is 0 Å². The number of aromatic nitrogens is 1. The van der Waals surface area contributed by atoms with E-state index in [2.05, 4.69) is 30.2 Å². The Morgan fingerprint density at radius 2 is 2.24 bits per heavy atom. The van der Waals surface area contributed by atoms with Crippen LogP contribution in [0.25, 0.3) is 0 Å². The molecule has 3 heteroatoms. The molecule has 1 unspecified atom stereocenters. The zero-order valence-corrected chi connectivity index (χ0v) is 11.2. The van der Waals surface area contributed by atoms with E-state index in [0.717, 1.165) is 31.7 Å². The number of hydrogen-bond acceptors (Lipinski definition) is 3. The van der Waals surface area contributed by atoms with Crippen LogP contribution in [0.2, 0.25) is 0 Å². The molecule has 1 heterocycles. The van der Waals surface area contributed by atoms with Crippen LogP contribution in [-0.2, 0) is 4.74 Å². The van der Waals surface area contributed by atoms with Crippen molar-refractivity contribution >= 4 is 0 Å². The molecule has 0 bridgehead atoms. The third kappa shape index (κ3) is 4.84. The van der Waals surface area contributed by atoms with Gasteiger partial charge in [0.05, 0.1) is 11.7 Å². The summed E-state index contributed by atoms with van der Waals surface area (Å²) in [4.78, 5) is 4.45. The van der Waals surface area contributed by atoms with Crippen molar-refractivity contribution in [1.82, 2.24) is 10.3 Å². The van der Waals surface area contributed by atoms with Gasteiger partial charge in [0.25, 0.3) is 0 Å². The Bertz CT molecular complexity index is 315. The molecule has 0 saturated heterocycles. The van der Waals surface area contributed by atoms with Gasteiger partial charge in [-0.25, -0.2) is 0 Å². The largest absolute Gasteiger partial charge is 0.381 e. The van der Waals surface area contributed by atoms with E-state index < -0.39 is 0 Å². The van der Waals surface area contributed by atoms with Crippen LogP contribution in [0.1, 0.15) is 43.5 Å². The molecule has 0 aliphatic heterocycles. The molecule has 3 nitrogen and oxygen atoms in total. The van der Waals surface area contributed by atoms with Crippen molar-refractivity contribution in [2.24, 2.45) is 0 Å². The molecule has 17 heavy (non-hydrogen) atoms. The maximum atomic E-state index is 5.60. The molecule has 0 aromatic carbocycles. The highest BCUT2D eigenvalue weighted by Crippen LogP contribution is 2.17. The van der Waals surface area contributed by atoms with E-state index in [1.54, 1.807) is 0 Å². The highest BCUT2D eigenvalue weighted by molar-refractivity contribution is 5.20. The maximum Gasteiger partial charge on any atom is 0.0603 e. The summed E-state index contributed by atoms with van der Waals surface area (Å²) in [6, 6.07) is 4.37. The molecular formula is C14H24N2O. The van der Waals surface area contributed by atoms with Crippen molar-refractivity contribution in [3.63, 3.8) is 0 Å². The lowest BCUT2D eigenvalue weighted by Gasteiger charge is -2.17. The van der Waals surface area contributed by atoms with Gasteiger partial charge in [0.2, 0.25) is 0 Å². The van der Waals surface area contributed by atoms with Gasteiger partial charge in [-0.2, -0.15) is 0 Å². The van der Waals surface area contributed by atoms with Gasteiger partial charge >= 0.3 is 0 Å². The number of rotatable bonds is 8. The predicted molar refractivity (Wildman–Crippen MR) is 71.1 cm³/mol. The van der Waals surface area contributed by atoms with E-state index >= 15 is 0 Å². The van der Waals surface area contributed by atoms with Crippen LogP contribution in [0, 0.1) is 6.92 Å². The van der Waals surface area contributed by atoms with Crippen LogP contribution in [0.15, 0.2) is 18.3 Å². The van der Waals surface area contributed by atoms with Crippen molar-refractivity contribution in [2.75, 3.05) is 20.3 Å². The Kier molecular flexibility index (Phi) is 6.82. The molecule has 1 aromatic rings. The third-order valence-electron chi connectivity index (χ3n) is 2.92. The zero-order valence-electron chi connectivity index (χ0n) is 11.2. The number of nitrogens with zero attached hydrogens (tertiary/aromatic N) is 1. The standard InChI is InChI=1S/C14H24N2O/c1-4-5-10-17-11-8-13(15-3)14-12(2)7-6-9-16-14/h6-7,9,13,15H,4-5,8,10-11H2,1-3H3. The Morgan fingerprint density at radius 3 is 2.88 bits per heavy atom. The molecule has 0 fully saturated rings. The van der Waals surface area contributed by atoms with E-state index in [0.29, 0.717) is 0 Å². The first-order chi connectivity index (χ1) is 8.29. The van der Waals surface area contributed by atoms with E-state index in [1.807, 2.05) is 19.3 Å². The van der Waals surface area contributed by atoms with Crippen LogP contribution in [0.3, 0.4) is 0 Å². The summed E-state index contributed by atoms with van der Waals surface area (Å²) < 4.78 is 5.60. The van der Waals surface area contributed by atoms with Crippen molar-refractivity contribution < 1.29 is 4.74 Å². The molecule has 0 aliphatic carbocycles. The first-order valence-electron chi connectivity index (χ1n) is 6.46. The van der Waals surface area contributed by atoms with Crippen molar-refractivity contribution in [3.8, 4) is 0 Å². The van der Waals surface area contributed by atoms with Crippen LogP contribution < -0.4 is 5.32 Å². The van der Waals surface area contributed by atoms with Crippen molar-refractivity contribution in [3.05, 3.63) is 29.6 Å². The minimum absolute atomic E-state index is 0.290. The summed E-state index contributed by atoms with van der Waals surface area (Å²) >= 11 is 0. The molecule has 1 rings (SSSR count). The summed E-state index contributed by atoms with van der Waals surface area (Å²) in [5.41, 5.74) is 2.37. The van der Waals surface area contributed by atoms with Gasteiger partial charge in [0.15, 0.2) is 0 Å². The fourth-order valence-electron chi connectivity index (χ4n) is 1.83. The summed E-state index contributed by atoms with van der Waals surface area (Å²) in [6.07, 6.45) is 5.16. The summed E-state index contributed by atoms with van der Waals surface area (Å²) in [5, 5.41) is 3.31. The predicted octanol–water partition coefficient (Wildman–Crippen LogP) is 2.86. The lowest BCUT2D eigenvalue weighted by Crippen LogP contribution is -2.20. The Balaban J connectivity index is 2.41. The monoisotopic (exact) mass is 236 g/mol. The average Bonchev–Trinajstić information content (AvgIpc) is 2.35. The molecule has 96 valence electrons. The van der Waals surface area contributed by atoms with Gasteiger partial charge < -0.3 is 10.1 Å². The minimum atomic E-state index is 0.290. The zero-order chi connectivity index (χ0) is 12.5. The quantitative estimate of drug-likeness (QED) is 0.705. The smallest absolute Gasteiger partial charge is 0.0603 e. The van der Waals surface area contributed by atoms with E-state index in [1.165, 1.54) is 12.0 Å². The highest BCUT2D eigenvalue weighted by Gasteiger charge is 2.12. The van der Waals surface area contributed by atoms with Crippen molar-refractivity contribution in [2.45, 2.75) is 39.2 Å². The number of unbranched alkanes of at least 4 members (excludes halogenated alkanes) is 1. The van der Waals surface area contributed by atoms with Gasteiger partial charge in [-0.3, -0.25) is 4.98 Å². The van der Waals surface area contributed by atoms with Gasteiger partial charge in [0.1, 0.15) is 0 Å². The number of ether oxygens (including phenoxy) is 1. The number of aryl methyl sites for hydroxylation is 1. The first-order valence-corrected chi connectivity index (χ1v) is 6.46. The molecule has 1 aromatic heterocycles. The fraction of sp³-hybridized carbons (Fsp3) is 0.643. The molecule has 0 aliphatic rings. The molecule has 0 radical (unpaired) electrons. The van der Waals surface area contributed by atoms with Gasteiger partial charge in [-0.15, -0.1) is 0 Å². The molecule has 0 saturated carbocycles. The number of nitrogens with one attached hydrogen (secondary N) is 1. The van der Waals surface area contributed by atoms with Crippen LogP contribution in [-0.4, -0.2) is 25.2 Å². The van der Waals surface area contributed by atoms with E-state index in [4.69, 9.17) is 4.74 Å². The number of hydrogen-bond donors (Lipinski definition) is 1. The van der Waals surface area contributed by atoms with Crippen LogP contribution in [0.4, 0.5) is 0 Å². The molecular weight excluding hydrogens is 212 g/mol. The Labute approximate surface area is 105 Å². The SMILES string of the molecule is CCCCOCCC(NC)c1ncccc1C. The highest BCUT2D eigenvalue weighted by atomic mass is 16.5. The summed E-state index contributed by atoms with van der Waals surface area (Å²) in [5.74, 6) is 0. The average molecular weight is 236 g/mol. The lowest BCUT2D eigenvalue weighted by atomic mass is 10.1. The van der Waals surface area contributed by atoms with Crippen LogP contribution in [0.5, 0.6) is 0 Å². The Hall–Kier alpha value is -0.930. The summed E-state index contributed by atoms with van der Waals surface area (Å²) in [6.45, 7) is 5.94. The maximum absolute atomic E-state index is 5.60. The van der Waals surface area contributed by atoms with E-state index in [9.17, 15) is 0 Å². The second kappa shape index (κ2) is 8.20. The lowest BCUT2D eigenvalue weighted by molar-refractivity contribution is 0.121. The normalized spacial score (nSPS) is 12.6. The van der Waals surface area contributed by atoms with E-state index in [-0.39, 0.29) is 6.04 Å². The third-order valence-corrected chi connectivity index (χ3v) is 2.92.